The highest BCUT2D eigenvalue weighted by molar-refractivity contribution is 5.84. The van der Waals surface area contributed by atoms with Gasteiger partial charge in [-0.25, -0.2) is 0 Å². The Bertz CT molecular complexity index is 218. The zero-order valence-electron chi connectivity index (χ0n) is 13.8. The smallest absolute Gasteiger partial charge is 0.0596 e. The maximum absolute atomic E-state index is 8.56. The van der Waals surface area contributed by atoms with Gasteiger partial charge >= 0.3 is 0 Å². The minimum atomic E-state index is 0.947. The Labute approximate surface area is 125 Å². The van der Waals surface area contributed by atoms with Gasteiger partial charge in [-0.05, 0) is 38.9 Å². The maximum Gasteiger partial charge on any atom is 0.0596 e. The van der Waals surface area contributed by atoms with Crippen molar-refractivity contribution in [3.05, 3.63) is 0 Å². The van der Waals surface area contributed by atoms with Gasteiger partial charge in [0.1, 0.15) is 0 Å². The van der Waals surface area contributed by atoms with Crippen LogP contribution in [0.1, 0.15) is 65.7 Å². The van der Waals surface area contributed by atoms with Crippen molar-refractivity contribution >= 4 is 5.71 Å². The number of nitrogens with one attached hydrogen (secondary N) is 1. The predicted octanol–water partition coefficient (Wildman–Crippen LogP) is 3.50. The van der Waals surface area contributed by atoms with Gasteiger partial charge < -0.3 is 15.4 Å². The van der Waals surface area contributed by atoms with Gasteiger partial charge in [-0.15, -0.1) is 0 Å². The van der Waals surface area contributed by atoms with Crippen LogP contribution in [0.2, 0.25) is 0 Å². The first-order valence-corrected chi connectivity index (χ1v) is 8.41. The molecule has 0 aromatic heterocycles. The third-order valence-electron chi connectivity index (χ3n) is 3.51. The molecule has 0 aliphatic carbocycles. The molecule has 1 rings (SSSR count). The standard InChI is InChI=1S/C10H20N2O.C6H15N/c1-2-3-4-7-12-8-5-10(11-13)6-9-12;1-3-5-7-6-4-2/h13H,2-9H2,1H3;7H,3-6H2,1-2H3. The van der Waals surface area contributed by atoms with E-state index in [1.54, 1.807) is 0 Å². The van der Waals surface area contributed by atoms with Crippen LogP contribution in [0.25, 0.3) is 0 Å². The number of nitrogens with zero attached hydrogens (tertiary/aromatic N) is 2. The van der Waals surface area contributed by atoms with E-state index in [1.165, 1.54) is 51.7 Å². The summed E-state index contributed by atoms with van der Waals surface area (Å²) < 4.78 is 0. The van der Waals surface area contributed by atoms with Crippen molar-refractivity contribution in [2.24, 2.45) is 5.16 Å². The van der Waals surface area contributed by atoms with Gasteiger partial charge in [-0.2, -0.15) is 0 Å². The van der Waals surface area contributed by atoms with Crippen molar-refractivity contribution in [1.29, 1.82) is 0 Å². The summed E-state index contributed by atoms with van der Waals surface area (Å²) >= 11 is 0. The van der Waals surface area contributed by atoms with E-state index >= 15 is 0 Å². The molecule has 0 amide bonds. The molecule has 0 radical (unpaired) electrons. The average molecular weight is 285 g/mol. The van der Waals surface area contributed by atoms with Crippen LogP contribution in [0, 0.1) is 0 Å². The van der Waals surface area contributed by atoms with Crippen LogP contribution in [0.3, 0.4) is 0 Å². The Balaban J connectivity index is 0.000000441. The van der Waals surface area contributed by atoms with Gasteiger partial charge in [0.15, 0.2) is 0 Å². The highest BCUT2D eigenvalue weighted by Crippen LogP contribution is 2.08. The topological polar surface area (TPSA) is 47.9 Å². The second-order valence-corrected chi connectivity index (χ2v) is 5.46. The van der Waals surface area contributed by atoms with E-state index in [1.807, 2.05) is 0 Å². The normalized spacial score (nSPS) is 15.7. The lowest BCUT2D eigenvalue weighted by Crippen LogP contribution is -2.34. The molecular weight excluding hydrogens is 250 g/mol. The molecule has 4 nitrogen and oxygen atoms in total. The molecule has 1 aliphatic rings. The third kappa shape index (κ3) is 11.2. The molecule has 0 aromatic carbocycles. The lowest BCUT2D eigenvalue weighted by molar-refractivity contribution is 0.258. The lowest BCUT2D eigenvalue weighted by Gasteiger charge is -2.26. The highest BCUT2D eigenvalue weighted by atomic mass is 16.4. The fourth-order valence-corrected chi connectivity index (χ4v) is 2.20. The van der Waals surface area contributed by atoms with E-state index in [2.05, 4.69) is 36.1 Å². The fourth-order valence-electron chi connectivity index (χ4n) is 2.20. The highest BCUT2D eigenvalue weighted by Gasteiger charge is 2.14. The summed E-state index contributed by atoms with van der Waals surface area (Å²) in [5.41, 5.74) is 0.965. The molecule has 2 N–H and O–H groups in total. The quantitative estimate of drug-likeness (QED) is 0.408. The molecule has 1 heterocycles. The van der Waals surface area contributed by atoms with Crippen LogP contribution >= 0.6 is 0 Å². The fraction of sp³-hybridized carbons (Fsp3) is 0.938. The molecule has 0 unspecified atom stereocenters. The molecule has 0 bridgehead atoms. The molecule has 0 atom stereocenters. The Hall–Kier alpha value is -0.610. The summed E-state index contributed by atoms with van der Waals surface area (Å²) in [6, 6.07) is 0. The number of oxime groups is 1. The summed E-state index contributed by atoms with van der Waals surface area (Å²) in [4.78, 5) is 2.46. The predicted molar refractivity (Wildman–Crippen MR) is 87.9 cm³/mol. The number of unbranched alkanes of at least 4 members (excludes halogenated alkanes) is 2. The van der Waals surface area contributed by atoms with Gasteiger partial charge in [0.05, 0.1) is 5.71 Å². The summed E-state index contributed by atoms with van der Waals surface area (Å²) in [6.45, 7) is 12.3. The SMILES string of the molecule is CCCCCN1CCC(=NO)CC1.CCCNCCC. The molecule has 0 spiro atoms. The van der Waals surface area contributed by atoms with Crippen molar-refractivity contribution in [3.8, 4) is 0 Å². The van der Waals surface area contributed by atoms with Gasteiger partial charge in [-0.3, -0.25) is 0 Å². The number of likely N-dealkylation sites (tertiary alicyclic amines) is 1. The lowest BCUT2D eigenvalue weighted by atomic mass is 10.1. The van der Waals surface area contributed by atoms with Crippen LogP contribution in [-0.4, -0.2) is 48.5 Å². The van der Waals surface area contributed by atoms with Crippen molar-refractivity contribution in [2.45, 2.75) is 65.7 Å². The van der Waals surface area contributed by atoms with Gasteiger partial charge in [0, 0.05) is 25.9 Å². The Morgan fingerprint density at radius 3 is 2.05 bits per heavy atom. The zero-order valence-corrected chi connectivity index (χ0v) is 13.8. The molecule has 0 aromatic rings. The zero-order chi connectivity index (χ0) is 15.1. The van der Waals surface area contributed by atoms with Crippen LogP contribution in [0.5, 0.6) is 0 Å². The number of hydrogen-bond donors (Lipinski definition) is 2. The first-order chi connectivity index (χ1) is 9.78. The minimum absolute atomic E-state index is 0.947. The van der Waals surface area contributed by atoms with E-state index in [9.17, 15) is 0 Å². The van der Waals surface area contributed by atoms with E-state index < -0.39 is 0 Å². The van der Waals surface area contributed by atoms with Gasteiger partial charge in [0.2, 0.25) is 0 Å². The number of hydrogen-bond acceptors (Lipinski definition) is 4. The van der Waals surface area contributed by atoms with Crippen LogP contribution in [-0.2, 0) is 0 Å². The first kappa shape index (κ1) is 19.4. The summed E-state index contributed by atoms with van der Waals surface area (Å²) in [5.74, 6) is 0. The Morgan fingerprint density at radius 1 is 1.00 bits per heavy atom. The number of rotatable bonds is 8. The summed E-state index contributed by atoms with van der Waals surface area (Å²) in [6.07, 6.45) is 8.32. The van der Waals surface area contributed by atoms with Crippen LogP contribution in [0.4, 0.5) is 0 Å². The molecule has 1 saturated heterocycles. The van der Waals surface area contributed by atoms with Gasteiger partial charge in [-0.1, -0.05) is 38.8 Å². The molecular formula is C16H35N3O. The average Bonchev–Trinajstić information content (AvgIpc) is 2.49. The Morgan fingerprint density at radius 2 is 1.60 bits per heavy atom. The molecule has 120 valence electrons. The molecule has 20 heavy (non-hydrogen) atoms. The largest absolute Gasteiger partial charge is 0.411 e. The first-order valence-electron chi connectivity index (χ1n) is 8.41. The molecule has 4 heteroatoms. The number of piperidine rings is 1. The van der Waals surface area contributed by atoms with E-state index in [0.29, 0.717) is 0 Å². The Kier molecular flexibility index (Phi) is 14.3. The second-order valence-electron chi connectivity index (χ2n) is 5.46. The third-order valence-corrected chi connectivity index (χ3v) is 3.51. The summed E-state index contributed by atoms with van der Waals surface area (Å²) in [7, 11) is 0. The van der Waals surface area contributed by atoms with E-state index in [-0.39, 0.29) is 0 Å². The summed E-state index contributed by atoms with van der Waals surface area (Å²) in [5, 5.41) is 15.1. The van der Waals surface area contributed by atoms with Gasteiger partial charge in [0.25, 0.3) is 0 Å². The van der Waals surface area contributed by atoms with Crippen LogP contribution < -0.4 is 5.32 Å². The van der Waals surface area contributed by atoms with E-state index in [0.717, 1.165) is 31.6 Å². The molecule has 1 fully saturated rings. The van der Waals surface area contributed by atoms with Crippen molar-refractivity contribution < 1.29 is 5.21 Å². The van der Waals surface area contributed by atoms with Crippen molar-refractivity contribution in [3.63, 3.8) is 0 Å². The van der Waals surface area contributed by atoms with Crippen molar-refractivity contribution in [1.82, 2.24) is 10.2 Å². The molecule has 1 aliphatic heterocycles. The van der Waals surface area contributed by atoms with Crippen LogP contribution in [0.15, 0.2) is 5.16 Å². The molecule has 0 saturated carbocycles. The maximum atomic E-state index is 8.56. The second kappa shape index (κ2) is 14.8. The monoisotopic (exact) mass is 285 g/mol. The van der Waals surface area contributed by atoms with Crippen molar-refractivity contribution in [2.75, 3.05) is 32.7 Å². The van der Waals surface area contributed by atoms with E-state index in [4.69, 9.17) is 5.21 Å². The minimum Gasteiger partial charge on any atom is -0.411 e.